The van der Waals surface area contributed by atoms with Crippen LogP contribution in [-0.4, -0.2) is 37.4 Å². The van der Waals surface area contributed by atoms with Gasteiger partial charge in [-0.05, 0) is 37.6 Å². The van der Waals surface area contributed by atoms with Crippen LogP contribution in [0.25, 0.3) is 0 Å². The van der Waals surface area contributed by atoms with Crippen molar-refractivity contribution in [2.75, 3.05) is 26.2 Å². The number of piperidine rings is 1. The molecule has 3 heteroatoms. The topological polar surface area (TPSA) is 44.3 Å². The summed E-state index contributed by atoms with van der Waals surface area (Å²) in [6, 6.07) is 0.646. The number of aliphatic hydroxyl groups is 1. The van der Waals surface area contributed by atoms with Gasteiger partial charge in [-0.15, -0.1) is 0 Å². The van der Waals surface area contributed by atoms with E-state index in [9.17, 15) is 0 Å². The van der Waals surface area contributed by atoms with Gasteiger partial charge in [0.25, 0.3) is 0 Å². The highest BCUT2D eigenvalue weighted by Gasteiger charge is 2.20. The predicted molar refractivity (Wildman–Crippen MR) is 64.0 cm³/mol. The highest BCUT2D eigenvalue weighted by atomic mass is 16.2. The summed E-state index contributed by atoms with van der Waals surface area (Å²) >= 11 is 0. The Morgan fingerprint density at radius 3 is 2.87 bits per heavy atom. The molecule has 3 nitrogen and oxygen atoms in total. The molecule has 1 atom stereocenters. The molecule has 0 saturated carbocycles. The molecule has 1 aliphatic heterocycles. The van der Waals surface area contributed by atoms with E-state index < -0.39 is 0 Å². The molecule has 0 aromatic heterocycles. The number of nitrogens with one attached hydrogen (secondary N) is 2. The lowest BCUT2D eigenvalue weighted by Crippen LogP contribution is -2.46. The highest BCUT2D eigenvalue weighted by molar-refractivity contribution is 4.79. The molecule has 1 saturated heterocycles. The molecule has 0 radical (unpaired) electrons. The third-order valence-electron chi connectivity index (χ3n) is 3.18. The van der Waals surface area contributed by atoms with Crippen LogP contribution in [0.3, 0.4) is 0 Å². The Morgan fingerprint density at radius 1 is 1.47 bits per heavy atom. The summed E-state index contributed by atoms with van der Waals surface area (Å²) in [5, 5.41) is 15.9. The first kappa shape index (κ1) is 12.9. The minimum Gasteiger partial charge on any atom is -0.396 e. The summed E-state index contributed by atoms with van der Waals surface area (Å²) in [4.78, 5) is 0. The highest BCUT2D eigenvalue weighted by Crippen LogP contribution is 2.21. The quantitative estimate of drug-likeness (QED) is 0.621. The molecule has 0 spiro atoms. The van der Waals surface area contributed by atoms with Gasteiger partial charge in [-0.2, -0.15) is 0 Å². The summed E-state index contributed by atoms with van der Waals surface area (Å²) in [6.45, 7) is 8.19. The standard InChI is InChI=1S/C12H26N2O/c1-12(2,6-4-8-15)10-14-11-5-3-7-13-9-11/h11,13-15H,3-10H2,1-2H3. The van der Waals surface area contributed by atoms with Gasteiger partial charge in [-0.25, -0.2) is 0 Å². The van der Waals surface area contributed by atoms with E-state index in [0.717, 1.165) is 25.9 Å². The SMILES string of the molecule is CC(C)(CCCO)CNC1CCCNC1. The molecule has 0 bridgehead atoms. The van der Waals surface area contributed by atoms with Gasteiger partial charge in [-0.1, -0.05) is 13.8 Å². The molecule has 15 heavy (non-hydrogen) atoms. The molecule has 0 aromatic rings. The zero-order valence-electron chi connectivity index (χ0n) is 10.2. The molecule has 0 aromatic carbocycles. The summed E-state index contributed by atoms with van der Waals surface area (Å²) in [5.74, 6) is 0. The lowest BCUT2D eigenvalue weighted by molar-refractivity contribution is 0.227. The van der Waals surface area contributed by atoms with E-state index in [2.05, 4.69) is 24.5 Å². The zero-order valence-corrected chi connectivity index (χ0v) is 10.2. The van der Waals surface area contributed by atoms with Crippen LogP contribution in [0.1, 0.15) is 39.5 Å². The van der Waals surface area contributed by atoms with Crippen molar-refractivity contribution in [2.45, 2.75) is 45.6 Å². The van der Waals surface area contributed by atoms with Gasteiger partial charge in [0.1, 0.15) is 0 Å². The Bertz CT molecular complexity index is 165. The van der Waals surface area contributed by atoms with Gasteiger partial charge in [-0.3, -0.25) is 0 Å². The molecule has 0 amide bonds. The molecule has 1 heterocycles. The third kappa shape index (κ3) is 5.50. The Morgan fingerprint density at radius 2 is 2.27 bits per heavy atom. The van der Waals surface area contributed by atoms with E-state index in [1.165, 1.54) is 19.4 Å². The van der Waals surface area contributed by atoms with Gasteiger partial charge >= 0.3 is 0 Å². The maximum absolute atomic E-state index is 8.82. The second-order valence-electron chi connectivity index (χ2n) is 5.42. The van der Waals surface area contributed by atoms with Crippen LogP contribution in [0.15, 0.2) is 0 Å². The van der Waals surface area contributed by atoms with E-state index in [0.29, 0.717) is 18.1 Å². The maximum Gasteiger partial charge on any atom is 0.0431 e. The third-order valence-corrected chi connectivity index (χ3v) is 3.18. The second-order valence-corrected chi connectivity index (χ2v) is 5.42. The molecule has 0 aliphatic carbocycles. The van der Waals surface area contributed by atoms with Crippen LogP contribution in [0, 0.1) is 5.41 Å². The van der Waals surface area contributed by atoms with Crippen LogP contribution in [-0.2, 0) is 0 Å². The molecule has 1 aliphatic rings. The van der Waals surface area contributed by atoms with Crippen molar-refractivity contribution in [2.24, 2.45) is 5.41 Å². The zero-order chi connectivity index (χ0) is 11.1. The minimum atomic E-state index is 0.306. The van der Waals surface area contributed by atoms with Gasteiger partial charge in [0.2, 0.25) is 0 Å². The molecular weight excluding hydrogens is 188 g/mol. The molecule has 90 valence electrons. The lowest BCUT2D eigenvalue weighted by atomic mass is 9.87. The normalized spacial score (nSPS) is 23.0. The molecule has 3 N–H and O–H groups in total. The first-order valence-electron chi connectivity index (χ1n) is 6.19. The summed E-state index contributed by atoms with van der Waals surface area (Å²) in [7, 11) is 0. The van der Waals surface area contributed by atoms with Gasteiger partial charge in [0, 0.05) is 25.7 Å². The fourth-order valence-electron chi connectivity index (χ4n) is 2.09. The summed E-state index contributed by atoms with van der Waals surface area (Å²) < 4.78 is 0. The van der Waals surface area contributed by atoms with Gasteiger partial charge in [0.05, 0.1) is 0 Å². The summed E-state index contributed by atoms with van der Waals surface area (Å²) in [5.41, 5.74) is 0.306. The van der Waals surface area contributed by atoms with Crippen LogP contribution in [0.4, 0.5) is 0 Å². The number of aliphatic hydroxyl groups excluding tert-OH is 1. The van der Waals surface area contributed by atoms with Crippen molar-refractivity contribution >= 4 is 0 Å². The average molecular weight is 214 g/mol. The van der Waals surface area contributed by atoms with E-state index in [4.69, 9.17) is 5.11 Å². The monoisotopic (exact) mass is 214 g/mol. The second kappa shape index (κ2) is 6.46. The molecule has 1 fully saturated rings. The van der Waals surface area contributed by atoms with Gasteiger partial charge < -0.3 is 15.7 Å². The smallest absolute Gasteiger partial charge is 0.0431 e. The van der Waals surface area contributed by atoms with Crippen molar-refractivity contribution in [3.05, 3.63) is 0 Å². The van der Waals surface area contributed by atoms with E-state index >= 15 is 0 Å². The number of hydrogen-bond donors (Lipinski definition) is 3. The average Bonchev–Trinajstić information content (AvgIpc) is 2.25. The fourth-order valence-corrected chi connectivity index (χ4v) is 2.09. The van der Waals surface area contributed by atoms with Crippen molar-refractivity contribution in [3.8, 4) is 0 Å². The largest absolute Gasteiger partial charge is 0.396 e. The van der Waals surface area contributed by atoms with Crippen molar-refractivity contribution in [3.63, 3.8) is 0 Å². The minimum absolute atomic E-state index is 0.306. The predicted octanol–water partition coefficient (Wildman–Crippen LogP) is 1.13. The molecule has 1 rings (SSSR count). The van der Waals surface area contributed by atoms with Crippen LogP contribution in [0.5, 0.6) is 0 Å². The fraction of sp³-hybridized carbons (Fsp3) is 1.00. The van der Waals surface area contributed by atoms with Crippen molar-refractivity contribution in [1.82, 2.24) is 10.6 Å². The Kier molecular flexibility index (Phi) is 5.58. The van der Waals surface area contributed by atoms with Crippen LogP contribution in [0.2, 0.25) is 0 Å². The maximum atomic E-state index is 8.82. The number of hydrogen-bond acceptors (Lipinski definition) is 3. The van der Waals surface area contributed by atoms with Crippen molar-refractivity contribution < 1.29 is 5.11 Å². The van der Waals surface area contributed by atoms with Crippen molar-refractivity contribution in [1.29, 1.82) is 0 Å². The summed E-state index contributed by atoms with van der Waals surface area (Å²) in [6.07, 6.45) is 4.59. The molecule has 1 unspecified atom stereocenters. The first-order valence-corrected chi connectivity index (χ1v) is 6.19. The molecular formula is C12H26N2O. The van der Waals surface area contributed by atoms with Crippen LogP contribution >= 0.6 is 0 Å². The van der Waals surface area contributed by atoms with Crippen LogP contribution < -0.4 is 10.6 Å². The van der Waals surface area contributed by atoms with E-state index in [1.54, 1.807) is 0 Å². The van der Waals surface area contributed by atoms with Gasteiger partial charge in [0.15, 0.2) is 0 Å². The Hall–Kier alpha value is -0.120. The Labute approximate surface area is 93.6 Å². The lowest BCUT2D eigenvalue weighted by Gasteiger charge is -2.30. The first-order chi connectivity index (χ1) is 7.14. The number of rotatable bonds is 6. The Balaban J connectivity index is 2.15. The van der Waals surface area contributed by atoms with E-state index in [1.807, 2.05) is 0 Å². The van der Waals surface area contributed by atoms with E-state index in [-0.39, 0.29) is 0 Å².